The monoisotopic (exact) mass is 289 g/mol. The van der Waals surface area contributed by atoms with Crippen molar-refractivity contribution in [3.05, 3.63) is 58.2 Å². The van der Waals surface area contributed by atoms with Crippen LogP contribution in [-0.2, 0) is 13.0 Å². The second-order valence-electron chi connectivity index (χ2n) is 4.97. The molecule has 1 heterocycles. The molecule has 0 fully saturated rings. The van der Waals surface area contributed by atoms with Crippen molar-refractivity contribution in [2.24, 2.45) is 0 Å². The van der Waals surface area contributed by atoms with Gasteiger partial charge in [0.15, 0.2) is 0 Å². The van der Waals surface area contributed by atoms with Crippen LogP contribution in [0.3, 0.4) is 0 Å². The first kappa shape index (κ1) is 13.4. The smallest absolute Gasteiger partial charge is 0.214 e. The Morgan fingerprint density at radius 1 is 1.35 bits per heavy atom. The van der Waals surface area contributed by atoms with Gasteiger partial charge in [0.25, 0.3) is 0 Å². The predicted molar refractivity (Wildman–Crippen MR) is 77.9 cm³/mol. The highest BCUT2D eigenvalue weighted by atomic mass is 35.5. The van der Waals surface area contributed by atoms with E-state index < -0.39 is 0 Å². The summed E-state index contributed by atoms with van der Waals surface area (Å²) in [4.78, 5) is 4.19. The maximum absolute atomic E-state index is 9.24. The molecule has 3 rings (SSSR count). The molecular formula is C16H16ClNO2. The minimum atomic E-state index is -0.112. The number of rotatable bonds is 3. The lowest BCUT2D eigenvalue weighted by Crippen LogP contribution is -2.15. The van der Waals surface area contributed by atoms with Crippen molar-refractivity contribution in [3.8, 4) is 5.88 Å². The average Bonchev–Trinajstić information content (AvgIpc) is 2.49. The van der Waals surface area contributed by atoms with E-state index in [1.165, 1.54) is 17.3 Å². The zero-order valence-corrected chi connectivity index (χ0v) is 11.8. The summed E-state index contributed by atoms with van der Waals surface area (Å²) in [6.45, 7) is -0.112. The van der Waals surface area contributed by atoms with Gasteiger partial charge >= 0.3 is 0 Å². The molecule has 3 nitrogen and oxygen atoms in total. The molecule has 1 aliphatic carbocycles. The number of hydrogen-bond donors (Lipinski definition) is 1. The topological polar surface area (TPSA) is 42.4 Å². The number of aryl methyl sites for hydroxylation is 1. The van der Waals surface area contributed by atoms with Gasteiger partial charge in [0.1, 0.15) is 6.10 Å². The van der Waals surface area contributed by atoms with E-state index in [1.54, 1.807) is 6.07 Å². The van der Waals surface area contributed by atoms with E-state index in [1.807, 2.05) is 6.07 Å². The molecule has 0 radical (unpaired) electrons. The number of benzene rings is 1. The average molecular weight is 290 g/mol. The Balaban J connectivity index is 1.85. The third-order valence-corrected chi connectivity index (χ3v) is 4.00. The fourth-order valence-corrected chi connectivity index (χ4v) is 2.78. The van der Waals surface area contributed by atoms with Crippen molar-refractivity contribution in [1.82, 2.24) is 4.98 Å². The minimum Gasteiger partial charge on any atom is -0.469 e. The second-order valence-corrected chi connectivity index (χ2v) is 5.38. The fraction of sp³-hybridized carbons (Fsp3) is 0.312. The van der Waals surface area contributed by atoms with Crippen LogP contribution in [0.15, 0.2) is 36.5 Å². The van der Waals surface area contributed by atoms with Gasteiger partial charge in [-0.3, -0.25) is 0 Å². The van der Waals surface area contributed by atoms with Gasteiger partial charge in [-0.2, -0.15) is 0 Å². The Bertz CT molecular complexity index is 615. The Morgan fingerprint density at radius 3 is 3.05 bits per heavy atom. The van der Waals surface area contributed by atoms with Crippen molar-refractivity contribution in [2.75, 3.05) is 0 Å². The molecule has 1 atom stereocenters. The van der Waals surface area contributed by atoms with Crippen LogP contribution < -0.4 is 4.74 Å². The van der Waals surface area contributed by atoms with Gasteiger partial charge in [0.05, 0.1) is 11.6 Å². The largest absolute Gasteiger partial charge is 0.469 e. The number of pyridine rings is 1. The Labute approximate surface area is 123 Å². The lowest BCUT2D eigenvalue weighted by molar-refractivity contribution is 0.175. The number of fused-ring (bicyclic) bond motifs is 1. The molecule has 20 heavy (non-hydrogen) atoms. The van der Waals surface area contributed by atoms with Crippen LogP contribution in [0.4, 0.5) is 0 Å². The van der Waals surface area contributed by atoms with E-state index in [4.69, 9.17) is 16.3 Å². The third kappa shape index (κ3) is 2.65. The summed E-state index contributed by atoms with van der Waals surface area (Å²) >= 11 is 5.94. The van der Waals surface area contributed by atoms with E-state index in [9.17, 15) is 5.11 Å². The van der Waals surface area contributed by atoms with E-state index in [0.29, 0.717) is 16.5 Å². The number of aliphatic hydroxyl groups is 1. The summed E-state index contributed by atoms with van der Waals surface area (Å²) in [5, 5.41) is 9.70. The third-order valence-electron chi connectivity index (χ3n) is 3.66. The highest BCUT2D eigenvalue weighted by Gasteiger charge is 2.21. The number of nitrogens with zero attached hydrogens (tertiary/aromatic N) is 1. The van der Waals surface area contributed by atoms with Gasteiger partial charge in [-0.05, 0) is 30.4 Å². The molecule has 1 aliphatic rings. The molecule has 104 valence electrons. The molecule has 1 N–H and O–H groups in total. The van der Waals surface area contributed by atoms with Gasteiger partial charge < -0.3 is 9.84 Å². The van der Waals surface area contributed by atoms with Crippen molar-refractivity contribution < 1.29 is 9.84 Å². The van der Waals surface area contributed by atoms with Crippen molar-refractivity contribution in [3.63, 3.8) is 0 Å². The van der Waals surface area contributed by atoms with Crippen molar-refractivity contribution in [1.29, 1.82) is 0 Å². The Kier molecular flexibility index (Phi) is 3.90. The zero-order chi connectivity index (χ0) is 13.9. The fourth-order valence-electron chi connectivity index (χ4n) is 2.62. The number of halogens is 1. The first-order valence-corrected chi connectivity index (χ1v) is 7.15. The molecule has 0 bridgehead atoms. The van der Waals surface area contributed by atoms with Crippen LogP contribution in [0.1, 0.15) is 35.6 Å². The number of aromatic nitrogens is 1. The lowest BCUT2D eigenvalue weighted by Gasteiger charge is -2.25. The molecule has 1 aromatic carbocycles. The van der Waals surface area contributed by atoms with Crippen LogP contribution in [0.25, 0.3) is 0 Å². The molecule has 1 unspecified atom stereocenters. The summed E-state index contributed by atoms with van der Waals surface area (Å²) in [6.07, 6.45) is 4.75. The van der Waals surface area contributed by atoms with Gasteiger partial charge in [-0.25, -0.2) is 4.98 Å². The van der Waals surface area contributed by atoms with E-state index >= 15 is 0 Å². The van der Waals surface area contributed by atoms with Gasteiger partial charge in [-0.1, -0.05) is 35.9 Å². The van der Waals surface area contributed by atoms with Crippen LogP contribution in [0, 0.1) is 0 Å². The predicted octanol–water partition coefficient (Wildman–Crippen LogP) is 3.68. The molecule has 4 heteroatoms. The number of ether oxygens (including phenoxy) is 1. The molecule has 0 saturated carbocycles. The second kappa shape index (κ2) is 5.81. The highest BCUT2D eigenvalue weighted by Crippen LogP contribution is 2.33. The summed E-state index contributed by atoms with van der Waals surface area (Å²) in [5.74, 6) is 0.514. The van der Waals surface area contributed by atoms with Crippen molar-refractivity contribution >= 4 is 11.6 Å². The van der Waals surface area contributed by atoms with E-state index in [0.717, 1.165) is 19.3 Å². The molecule has 0 aliphatic heterocycles. The summed E-state index contributed by atoms with van der Waals surface area (Å²) in [5.41, 5.74) is 3.22. The van der Waals surface area contributed by atoms with E-state index in [2.05, 4.69) is 23.2 Å². The molecular weight excluding hydrogens is 274 g/mol. The molecule has 2 aromatic rings. The maximum Gasteiger partial charge on any atom is 0.214 e. The van der Waals surface area contributed by atoms with Crippen molar-refractivity contribution in [2.45, 2.75) is 32.0 Å². The Hall–Kier alpha value is -1.58. The van der Waals surface area contributed by atoms with Crippen LogP contribution >= 0.6 is 11.6 Å². The Morgan fingerprint density at radius 2 is 2.20 bits per heavy atom. The van der Waals surface area contributed by atoms with Crippen LogP contribution in [0.2, 0.25) is 5.02 Å². The number of hydrogen-bond acceptors (Lipinski definition) is 3. The SMILES string of the molecule is OCc1cc(OC2CCCc3ccccc32)ncc1Cl. The standard InChI is InChI=1S/C16H16ClNO2/c17-14-9-18-16(8-12(14)10-19)20-15-7-3-5-11-4-1-2-6-13(11)15/h1-2,4,6,8-9,15,19H,3,5,7,10H2. The first-order chi connectivity index (χ1) is 9.78. The van der Waals surface area contributed by atoms with E-state index in [-0.39, 0.29) is 12.7 Å². The summed E-state index contributed by atoms with van der Waals surface area (Å²) in [7, 11) is 0. The van der Waals surface area contributed by atoms with Crippen LogP contribution in [-0.4, -0.2) is 10.1 Å². The quantitative estimate of drug-likeness (QED) is 0.937. The molecule has 1 aromatic heterocycles. The molecule has 0 amide bonds. The van der Waals surface area contributed by atoms with Gasteiger partial charge in [0, 0.05) is 17.8 Å². The minimum absolute atomic E-state index is 0.0279. The maximum atomic E-state index is 9.24. The summed E-state index contributed by atoms with van der Waals surface area (Å²) in [6, 6.07) is 10.1. The normalized spacial score (nSPS) is 17.6. The van der Waals surface area contributed by atoms with Crippen LogP contribution in [0.5, 0.6) is 5.88 Å². The highest BCUT2D eigenvalue weighted by molar-refractivity contribution is 6.31. The van der Waals surface area contributed by atoms with Gasteiger partial charge in [-0.15, -0.1) is 0 Å². The molecule has 0 spiro atoms. The number of aliphatic hydroxyl groups excluding tert-OH is 1. The lowest BCUT2D eigenvalue weighted by atomic mass is 9.89. The van der Waals surface area contributed by atoms with Gasteiger partial charge in [0.2, 0.25) is 5.88 Å². The zero-order valence-electron chi connectivity index (χ0n) is 11.1. The first-order valence-electron chi connectivity index (χ1n) is 6.77. The molecule has 0 saturated heterocycles. The summed E-state index contributed by atoms with van der Waals surface area (Å²) < 4.78 is 6.00.